The van der Waals surface area contributed by atoms with Gasteiger partial charge in [0.05, 0.1) is 17.2 Å². The van der Waals surface area contributed by atoms with Gasteiger partial charge in [-0.1, -0.05) is 13.3 Å². The van der Waals surface area contributed by atoms with E-state index in [-0.39, 0.29) is 22.9 Å². The fourth-order valence-corrected chi connectivity index (χ4v) is 4.07. The number of hydrogen-bond acceptors (Lipinski definition) is 7. The topological polar surface area (TPSA) is 136 Å². The summed E-state index contributed by atoms with van der Waals surface area (Å²) in [5.41, 5.74) is 5.26. The molecule has 1 aromatic heterocycles. The number of unbranched alkanes of at least 4 members (excludes halogenated alkanes) is 1. The molecule has 0 fully saturated rings. The predicted molar refractivity (Wildman–Crippen MR) is 138 cm³/mol. The van der Waals surface area contributed by atoms with E-state index >= 15 is 0 Å². The van der Waals surface area contributed by atoms with Crippen molar-refractivity contribution in [2.45, 2.75) is 46.0 Å². The molecule has 1 aliphatic carbocycles. The first-order chi connectivity index (χ1) is 17.9. The number of nitro groups is 1. The number of anilines is 1. The number of rotatable bonds is 9. The van der Waals surface area contributed by atoms with Crippen LogP contribution in [-0.2, 0) is 6.42 Å². The summed E-state index contributed by atoms with van der Waals surface area (Å²) in [6.07, 6.45) is 4.05. The van der Waals surface area contributed by atoms with Gasteiger partial charge in [0, 0.05) is 40.9 Å². The summed E-state index contributed by atoms with van der Waals surface area (Å²) in [6.45, 7) is 4.54. The highest BCUT2D eigenvalue weighted by molar-refractivity contribution is 6.09. The van der Waals surface area contributed by atoms with Crippen LogP contribution in [0.15, 0.2) is 58.0 Å². The molecule has 0 spiro atoms. The van der Waals surface area contributed by atoms with Crippen molar-refractivity contribution in [3.63, 3.8) is 0 Å². The van der Waals surface area contributed by atoms with E-state index in [1.807, 2.05) is 12.1 Å². The van der Waals surface area contributed by atoms with E-state index in [4.69, 9.17) is 9.15 Å². The summed E-state index contributed by atoms with van der Waals surface area (Å²) >= 11 is 0. The third-order valence-electron chi connectivity index (χ3n) is 6.04. The molecule has 2 N–H and O–H groups in total. The number of aryl methyl sites for hydroxylation is 1. The summed E-state index contributed by atoms with van der Waals surface area (Å²) < 4.78 is 11.6. The number of amides is 2. The summed E-state index contributed by atoms with van der Waals surface area (Å²) in [6, 6.07) is 12.4. The Morgan fingerprint density at radius 3 is 2.49 bits per heavy atom. The Bertz CT molecular complexity index is 1330. The molecule has 2 amide bonds. The lowest BCUT2D eigenvalue weighted by molar-refractivity contribution is -0.384. The minimum absolute atomic E-state index is 0.101. The summed E-state index contributed by atoms with van der Waals surface area (Å²) in [5, 5.41) is 18.0. The molecule has 0 radical (unpaired) electrons. The van der Waals surface area contributed by atoms with E-state index in [2.05, 4.69) is 22.8 Å². The van der Waals surface area contributed by atoms with Gasteiger partial charge in [0.2, 0.25) is 0 Å². The van der Waals surface area contributed by atoms with Crippen LogP contribution >= 0.6 is 0 Å². The zero-order valence-electron chi connectivity index (χ0n) is 20.7. The molecule has 0 aliphatic heterocycles. The Balaban J connectivity index is 1.46. The first-order valence-corrected chi connectivity index (χ1v) is 12.2. The molecule has 0 saturated carbocycles. The first kappa shape index (κ1) is 25.6. The van der Waals surface area contributed by atoms with Crippen molar-refractivity contribution in [3.8, 4) is 5.75 Å². The second-order valence-electron chi connectivity index (χ2n) is 8.69. The number of benzene rings is 2. The molecular weight excluding hydrogens is 476 g/mol. The highest BCUT2D eigenvalue weighted by atomic mass is 16.6. The zero-order valence-corrected chi connectivity index (χ0v) is 20.7. The highest BCUT2D eigenvalue weighted by Crippen LogP contribution is 2.30. The van der Waals surface area contributed by atoms with E-state index in [1.54, 1.807) is 19.1 Å². The maximum absolute atomic E-state index is 13.0. The van der Waals surface area contributed by atoms with E-state index in [0.29, 0.717) is 42.2 Å². The summed E-state index contributed by atoms with van der Waals surface area (Å²) in [7, 11) is 0. The molecule has 0 saturated heterocycles. The zero-order chi connectivity index (χ0) is 26.4. The van der Waals surface area contributed by atoms with Crippen LogP contribution in [-0.4, -0.2) is 29.1 Å². The SMILES string of the molecule is CCCCOc1ccc(NC(=O)c2oc3c(c2C)/C(=N/NC(=O)c2ccc([N+](=O)[O-])cc2)CCC3)cc1. The summed E-state index contributed by atoms with van der Waals surface area (Å²) in [5.74, 6) is 0.728. The molecule has 37 heavy (non-hydrogen) atoms. The van der Waals surface area contributed by atoms with E-state index in [9.17, 15) is 19.7 Å². The number of furan rings is 1. The highest BCUT2D eigenvalue weighted by Gasteiger charge is 2.28. The van der Waals surface area contributed by atoms with E-state index in [0.717, 1.165) is 30.6 Å². The van der Waals surface area contributed by atoms with Gasteiger partial charge in [-0.3, -0.25) is 19.7 Å². The van der Waals surface area contributed by atoms with Crippen LogP contribution in [0.4, 0.5) is 11.4 Å². The number of nitrogens with zero attached hydrogens (tertiary/aromatic N) is 2. The van der Waals surface area contributed by atoms with Crippen molar-refractivity contribution in [1.29, 1.82) is 0 Å². The number of hydrogen-bond donors (Lipinski definition) is 2. The third-order valence-corrected chi connectivity index (χ3v) is 6.04. The quantitative estimate of drug-likeness (QED) is 0.228. The normalized spacial score (nSPS) is 13.6. The maximum Gasteiger partial charge on any atom is 0.291 e. The third kappa shape index (κ3) is 6.03. The fourth-order valence-electron chi connectivity index (χ4n) is 4.07. The summed E-state index contributed by atoms with van der Waals surface area (Å²) in [4.78, 5) is 35.8. The largest absolute Gasteiger partial charge is 0.494 e. The Morgan fingerprint density at radius 2 is 1.81 bits per heavy atom. The minimum Gasteiger partial charge on any atom is -0.494 e. The second kappa shape index (κ2) is 11.5. The van der Waals surface area contributed by atoms with Crippen molar-refractivity contribution >= 4 is 28.9 Å². The van der Waals surface area contributed by atoms with Crippen LogP contribution in [0, 0.1) is 17.0 Å². The van der Waals surface area contributed by atoms with Gasteiger partial charge in [-0.2, -0.15) is 5.10 Å². The number of hydrazone groups is 1. The van der Waals surface area contributed by atoms with Crippen LogP contribution in [0.3, 0.4) is 0 Å². The lowest BCUT2D eigenvalue weighted by atomic mass is 9.93. The monoisotopic (exact) mass is 504 g/mol. The molecule has 10 heteroatoms. The van der Waals surface area contributed by atoms with Gasteiger partial charge in [-0.25, -0.2) is 5.43 Å². The van der Waals surface area contributed by atoms with Crippen molar-refractivity contribution in [2.24, 2.45) is 5.10 Å². The van der Waals surface area contributed by atoms with Crippen molar-refractivity contribution in [1.82, 2.24) is 5.43 Å². The molecule has 1 aliphatic rings. The van der Waals surface area contributed by atoms with Gasteiger partial charge in [-0.05, 0) is 62.6 Å². The number of non-ortho nitro benzene ring substituents is 1. The molecular formula is C27H28N4O6. The van der Waals surface area contributed by atoms with Crippen LogP contribution in [0.2, 0.25) is 0 Å². The van der Waals surface area contributed by atoms with Crippen molar-refractivity contribution in [3.05, 3.63) is 86.9 Å². The lowest BCUT2D eigenvalue weighted by Gasteiger charge is -2.13. The number of carbonyl (C=O) groups excluding carboxylic acids is 2. The minimum atomic E-state index is -0.529. The van der Waals surface area contributed by atoms with Gasteiger partial charge >= 0.3 is 0 Å². The molecule has 4 rings (SSSR count). The van der Waals surface area contributed by atoms with Gasteiger partial charge < -0.3 is 14.5 Å². The Morgan fingerprint density at radius 1 is 1.08 bits per heavy atom. The van der Waals surface area contributed by atoms with Gasteiger partial charge in [0.1, 0.15) is 11.5 Å². The van der Waals surface area contributed by atoms with Crippen molar-refractivity contribution in [2.75, 3.05) is 11.9 Å². The van der Waals surface area contributed by atoms with E-state index in [1.165, 1.54) is 24.3 Å². The number of nitrogens with one attached hydrogen (secondary N) is 2. The molecule has 2 aromatic carbocycles. The molecule has 3 aromatic rings. The van der Waals surface area contributed by atoms with E-state index < -0.39 is 10.8 Å². The van der Waals surface area contributed by atoms with Crippen LogP contribution < -0.4 is 15.5 Å². The van der Waals surface area contributed by atoms with Gasteiger partial charge in [0.15, 0.2) is 5.76 Å². The Hall–Kier alpha value is -4.47. The first-order valence-electron chi connectivity index (χ1n) is 12.2. The molecule has 0 atom stereocenters. The number of ether oxygens (including phenoxy) is 1. The van der Waals surface area contributed by atoms with Crippen LogP contribution in [0.25, 0.3) is 0 Å². The molecule has 192 valence electrons. The number of carbonyl (C=O) groups is 2. The predicted octanol–water partition coefficient (Wildman–Crippen LogP) is 5.40. The standard InChI is InChI=1S/C27H28N4O6/c1-3-4-16-36-21-14-10-19(11-15-21)28-27(33)25-17(2)24-22(6-5-7-23(24)37-25)29-30-26(32)18-8-12-20(13-9-18)31(34)35/h8-15H,3-7,16H2,1-2H3,(H,28,33)(H,30,32)/b29-22+. The smallest absolute Gasteiger partial charge is 0.291 e. The average Bonchev–Trinajstić information content (AvgIpc) is 3.25. The van der Waals surface area contributed by atoms with Crippen molar-refractivity contribution < 1.29 is 23.7 Å². The second-order valence-corrected chi connectivity index (χ2v) is 8.69. The average molecular weight is 505 g/mol. The Kier molecular flexibility index (Phi) is 7.97. The van der Waals surface area contributed by atoms with Gasteiger partial charge in [0.25, 0.3) is 17.5 Å². The molecule has 10 nitrogen and oxygen atoms in total. The maximum atomic E-state index is 13.0. The number of nitro benzene ring substituents is 1. The van der Waals surface area contributed by atoms with Crippen LogP contribution in [0.1, 0.15) is 70.4 Å². The van der Waals surface area contributed by atoms with Crippen LogP contribution in [0.5, 0.6) is 5.75 Å². The lowest BCUT2D eigenvalue weighted by Crippen LogP contribution is -2.22. The molecule has 0 bridgehead atoms. The molecule has 0 unspecified atom stereocenters. The fraction of sp³-hybridized carbons (Fsp3) is 0.296. The number of fused-ring (bicyclic) bond motifs is 1. The molecule has 1 heterocycles. The Labute approximate surface area is 213 Å². The van der Waals surface area contributed by atoms with Gasteiger partial charge in [-0.15, -0.1) is 0 Å².